The molecular formula is C11H19N3. The molecule has 0 bridgehead atoms. The van der Waals surface area contributed by atoms with E-state index >= 15 is 0 Å². The number of hydrogen-bond donors (Lipinski definition) is 1. The maximum absolute atomic E-state index is 4.46. The first-order valence-electron chi connectivity index (χ1n) is 5.56. The summed E-state index contributed by atoms with van der Waals surface area (Å²) in [7, 11) is 0. The Bertz CT molecular complexity index is 217. The standard InChI is InChI=1S/C11H19N3/c1-2-5-13-11(3-1)4-8-14-9-6-12-7-10-14/h1-2,5,11-12H,3-4,6-10H2. The average molecular weight is 193 g/mol. The number of nitrogens with zero attached hydrogens (tertiary/aromatic N) is 2. The van der Waals surface area contributed by atoms with E-state index < -0.39 is 0 Å². The van der Waals surface area contributed by atoms with Crippen LogP contribution in [0.4, 0.5) is 0 Å². The van der Waals surface area contributed by atoms with E-state index in [1.54, 1.807) is 0 Å². The van der Waals surface area contributed by atoms with E-state index in [-0.39, 0.29) is 0 Å². The molecule has 1 saturated heterocycles. The Morgan fingerprint density at radius 1 is 1.36 bits per heavy atom. The second-order valence-corrected chi connectivity index (χ2v) is 4.00. The highest BCUT2D eigenvalue weighted by molar-refractivity contribution is 5.72. The third-order valence-corrected chi connectivity index (χ3v) is 2.92. The van der Waals surface area contributed by atoms with Gasteiger partial charge >= 0.3 is 0 Å². The van der Waals surface area contributed by atoms with Crippen molar-refractivity contribution in [2.24, 2.45) is 4.99 Å². The average Bonchev–Trinajstić information content (AvgIpc) is 2.29. The van der Waals surface area contributed by atoms with Gasteiger partial charge in [0.1, 0.15) is 0 Å². The summed E-state index contributed by atoms with van der Waals surface area (Å²) in [4.78, 5) is 6.99. The van der Waals surface area contributed by atoms with Gasteiger partial charge < -0.3 is 10.2 Å². The molecule has 0 amide bonds. The van der Waals surface area contributed by atoms with E-state index in [1.807, 2.05) is 12.3 Å². The molecule has 0 radical (unpaired) electrons. The zero-order valence-corrected chi connectivity index (χ0v) is 8.65. The van der Waals surface area contributed by atoms with E-state index in [9.17, 15) is 0 Å². The quantitative estimate of drug-likeness (QED) is 0.714. The maximum Gasteiger partial charge on any atom is 0.0546 e. The minimum Gasteiger partial charge on any atom is -0.314 e. The van der Waals surface area contributed by atoms with Gasteiger partial charge in [0.15, 0.2) is 0 Å². The molecule has 0 aliphatic carbocycles. The monoisotopic (exact) mass is 193 g/mol. The van der Waals surface area contributed by atoms with Gasteiger partial charge in [-0.1, -0.05) is 6.08 Å². The van der Waals surface area contributed by atoms with Gasteiger partial charge in [-0.15, -0.1) is 0 Å². The van der Waals surface area contributed by atoms with Crippen molar-refractivity contribution in [3.63, 3.8) is 0 Å². The lowest BCUT2D eigenvalue weighted by molar-refractivity contribution is 0.233. The van der Waals surface area contributed by atoms with Crippen LogP contribution >= 0.6 is 0 Å². The third-order valence-electron chi connectivity index (χ3n) is 2.92. The van der Waals surface area contributed by atoms with Gasteiger partial charge in [0, 0.05) is 38.9 Å². The molecular weight excluding hydrogens is 174 g/mol. The molecule has 2 heterocycles. The van der Waals surface area contributed by atoms with Crippen molar-refractivity contribution in [2.75, 3.05) is 32.7 Å². The predicted molar refractivity (Wildman–Crippen MR) is 60.0 cm³/mol. The molecule has 2 aliphatic rings. The third kappa shape index (κ3) is 2.93. The fourth-order valence-corrected chi connectivity index (χ4v) is 1.99. The second kappa shape index (κ2) is 5.27. The Morgan fingerprint density at radius 3 is 2.93 bits per heavy atom. The number of dihydropyridines is 1. The van der Waals surface area contributed by atoms with Crippen molar-refractivity contribution in [1.29, 1.82) is 0 Å². The number of aliphatic imine (C=N–C) groups is 1. The van der Waals surface area contributed by atoms with Crippen LogP contribution in [0, 0.1) is 0 Å². The molecule has 0 aromatic carbocycles. The summed E-state index contributed by atoms with van der Waals surface area (Å²) >= 11 is 0. The maximum atomic E-state index is 4.46. The SMILES string of the molecule is C1=CCC(CCN2CCNCC2)N=C1. The predicted octanol–water partition coefficient (Wildman–Crippen LogP) is 0.681. The van der Waals surface area contributed by atoms with Crippen molar-refractivity contribution in [1.82, 2.24) is 10.2 Å². The summed E-state index contributed by atoms with van der Waals surface area (Å²) in [5.74, 6) is 0. The Kier molecular flexibility index (Phi) is 3.72. The van der Waals surface area contributed by atoms with Crippen molar-refractivity contribution in [3.05, 3.63) is 12.2 Å². The van der Waals surface area contributed by atoms with Gasteiger partial charge in [-0.3, -0.25) is 4.99 Å². The van der Waals surface area contributed by atoms with Crippen LogP contribution in [0.15, 0.2) is 17.1 Å². The number of hydrogen-bond acceptors (Lipinski definition) is 3. The first-order valence-corrected chi connectivity index (χ1v) is 5.56. The molecule has 0 spiro atoms. The number of allylic oxidation sites excluding steroid dienone is 1. The molecule has 1 N–H and O–H groups in total. The molecule has 3 nitrogen and oxygen atoms in total. The highest BCUT2D eigenvalue weighted by Crippen LogP contribution is 2.09. The Balaban J connectivity index is 1.66. The van der Waals surface area contributed by atoms with Crippen molar-refractivity contribution < 1.29 is 0 Å². The molecule has 78 valence electrons. The molecule has 3 heteroatoms. The normalized spacial score (nSPS) is 28.1. The van der Waals surface area contributed by atoms with Crippen molar-refractivity contribution in [2.45, 2.75) is 18.9 Å². The summed E-state index contributed by atoms with van der Waals surface area (Å²) in [6.45, 7) is 5.90. The summed E-state index contributed by atoms with van der Waals surface area (Å²) in [6.07, 6.45) is 8.53. The van der Waals surface area contributed by atoms with E-state index in [2.05, 4.69) is 21.3 Å². The van der Waals surface area contributed by atoms with Crippen LogP contribution in [0.1, 0.15) is 12.8 Å². The molecule has 0 aromatic rings. The second-order valence-electron chi connectivity index (χ2n) is 4.00. The van der Waals surface area contributed by atoms with Crippen LogP contribution in [0.3, 0.4) is 0 Å². The van der Waals surface area contributed by atoms with Gasteiger partial charge in [0.2, 0.25) is 0 Å². The van der Waals surface area contributed by atoms with Crippen LogP contribution in [-0.2, 0) is 0 Å². The van der Waals surface area contributed by atoms with Crippen LogP contribution in [-0.4, -0.2) is 49.9 Å². The fourth-order valence-electron chi connectivity index (χ4n) is 1.99. The largest absolute Gasteiger partial charge is 0.314 e. The molecule has 0 saturated carbocycles. The highest BCUT2D eigenvalue weighted by atomic mass is 15.2. The topological polar surface area (TPSA) is 27.6 Å². The Hall–Kier alpha value is -0.670. The van der Waals surface area contributed by atoms with E-state index in [0.717, 1.165) is 19.5 Å². The van der Waals surface area contributed by atoms with Crippen LogP contribution in [0.2, 0.25) is 0 Å². The summed E-state index contributed by atoms with van der Waals surface area (Å²) in [6, 6.07) is 0.537. The minimum absolute atomic E-state index is 0.537. The molecule has 2 rings (SSSR count). The van der Waals surface area contributed by atoms with Gasteiger partial charge in [0.25, 0.3) is 0 Å². The number of nitrogens with one attached hydrogen (secondary N) is 1. The molecule has 0 aromatic heterocycles. The lowest BCUT2D eigenvalue weighted by atomic mass is 10.1. The summed E-state index contributed by atoms with van der Waals surface area (Å²) in [5.41, 5.74) is 0. The number of rotatable bonds is 3. The zero-order chi connectivity index (χ0) is 9.64. The van der Waals surface area contributed by atoms with Gasteiger partial charge in [0.05, 0.1) is 6.04 Å². The Labute approximate surface area is 85.9 Å². The molecule has 2 aliphatic heterocycles. The fraction of sp³-hybridized carbons (Fsp3) is 0.727. The van der Waals surface area contributed by atoms with Crippen LogP contribution < -0.4 is 5.32 Å². The number of piperazine rings is 1. The van der Waals surface area contributed by atoms with Crippen molar-refractivity contribution in [3.8, 4) is 0 Å². The smallest absolute Gasteiger partial charge is 0.0546 e. The van der Waals surface area contributed by atoms with Crippen molar-refractivity contribution >= 4 is 6.21 Å². The molecule has 1 unspecified atom stereocenters. The first kappa shape index (κ1) is 9.87. The van der Waals surface area contributed by atoms with Gasteiger partial charge in [-0.2, -0.15) is 0 Å². The van der Waals surface area contributed by atoms with Gasteiger partial charge in [-0.05, 0) is 18.9 Å². The lowest BCUT2D eigenvalue weighted by Gasteiger charge is -2.28. The van der Waals surface area contributed by atoms with Gasteiger partial charge in [-0.25, -0.2) is 0 Å². The minimum atomic E-state index is 0.537. The highest BCUT2D eigenvalue weighted by Gasteiger charge is 2.12. The van der Waals surface area contributed by atoms with E-state index in [4.69, 9.17) is 0 Å². The van der Waals surface area contributed by atoms with Crippen LogP contribution in [0.5, 0.6) is 0 Å². The molecule has 1 atom stereocenters. The zero-order valence-electron chi connectivity index (χ0n) is 8.65. The molecule has 1 fully saturated rings. The van der Waals surface area contributed by atoms with E-state index in [0.29, 0.717) is 6.04 Å². The van der Waals surface area contributed by atoms with E-state index in [1.165, 1.54) is 26.1 Å². The molecule has 14 heavy (non-hydrogen) atoms. The lowest BCUT2D eigenvalue weighted by Crippen LogP contribution is -2.44. The first-order chi connectivity index (χ1) is 6.95. The Morgan fingerprint density at radius 2 is 2.21 bits per heavy atom. The summed E-state index contributed by atoms with van der Waals surface area (Å²) in [5, 5.41) is 3.37. The van der Waals surface area contributed by atoms with Crippen LogP contribution in [0.25, 0.3) is 0 Å². The summed E-state index contributed by atoms with van der Waals surface area (Å²) < 4.78 is 0.